The van der Waals surface area contributed by atoms with E-state index in [0.717, 1.165) is 10.2 Å². The fourth-order valence-electron chi connectivity index (χ4n) is 2.03. The SMILES string of the molecule is CCn1nc(C)c(Br)c1CS(=O)(=O)c1ccccc1N. The molecule has 0 amide bonds. The Bertz CT molecular complexity index is 738. The molecule has 1 aromatic carbocycles. The highest BCUT2D eigenvalue weighted by molar-refractivity contribution is 9.10. The van der Waals surface area contributed by atoms with E-state index in [9.17, 15) is 8.42 Å². The number of benzene rings is 1. The second-order valence-electron chi connectivity index (χ2n) is 4.46. The number of hydrogen-bond donors (Lipinski definition) is 1. The van der Waals surface area contributed by atoms with Crippen LogP contribution in [0.4, 0.5) is 5.69 Å². The maximum atomic E-state index is 12.5. The standard InChI is InChI=1S/C13H16BrN3O2S/c1-3-17-11(13(14)9(2)16-17)8-20(18,19)12-7-5-4-6-10(12)15/h4-7H,3,8,15H2,1-2H3. The van der Waals surface area contributed by atoms with Crippen LogP contribution in [-0.4, -0.2) is 18.2 Å². The zero-order valence-corrected chi connectivity index (χ0v) is 13.7. The zero-order valence-electron chi connectivity index (χ0n) is 11.3. The van der Waals surface area contributed by atoms with E-state index in [4.69, 9.17) is 5.73 Å². The molecule has 0 unspecified atom stereocenters. The Morgan fingerprint density at radius 2 is 2.00 bits per heavy atom. The van der Waals surface area contributed by atoms with Crippen LogP contribution < -0.4 is 5.73 Å². The average molecular weight is 358 g/mol. The van der Waals surface area contributed by atoms with Gasteiger partial charge in [0.25, 0.3) is 0 Å². The largest absolute Gasteiger partial charge is 0.398 e. The molecule has 0 bridgehead atoms. The van der Waals surface area contributed by atoms with Crippen LogP contribution in [0.2, 0.25) is 0 Å². The van der Waals surface area contributed by atoms with Crippen molar-refractivity contribution in [1.29, 1.82) is 0 Å². The third kappa shape index (κ3) is 2.73. The summed E-state index contributed by atoms with van der Waals surface area (Å²) in [5.74, 6) is -0.128. The molecule has 108 valence electrons. The van der Waals surface area contributed by atoms with Crippen LogP contribution in [0.15, 0.2) is 33.6 Å². The molecule has 0 aliphatic rings. The summed E-state index contributed by atoms with van der Waals surface area (Å²) in [7, 11) is -3.50. The summed E-state index contributed by atoms with van der Waals surface area (Å²) < 4.78 is 27.4. The predicted molar refractivity (Wildman–Crippen MR) is 82.1 cm³/mol. The van der Waals surface area contributed by atoms with Crippen molar-refractivity contribution >= 4 is 31.5 Å². The monoisotopic (exact) mass is 357 g/mol. The number of para-hydroxylation sites is 1. The first-order chi connectivity index (χ1) is 9.36. The molecule has 0 fully saturated rings. The normalized spacial score (nSPS) is 11.8. The van der Waals surface area contributed by atoms with Crippen LogP contribution >= 0.6 is 15.9 Å². The van der Waals surface area contributed by atoms with E-state index < -0.39 is 9.84 Å². The fraction of sp³-hybridized carbons (Fsp3) is 0.308. The third-order valence-corrected chi connectivity index (χ3v) is 5.76. The first-order valence-electron chi connectivity index (χ1n) is 6.16. The number of halogens is 1. The number of hydrogen-bond acceptors (Lipinski definition) is 4. The molecule has 0 spiro atoms. The Balaban J connectivity index is 2.47. The van der Waals surface area contributed by atoms with Gasteiger partial charge in [0, 0.05) is 6.54 Å². The van der Waals surface area contributed by atoms with E-state index in [1.54, 1.807) is 22.9 Å². The number of anilines is 1. The molecule has 0 aliphatic heterocycles. The topological polar surface area (TPSA) is 78.0 Å². The van der Waals surface area contributed by atoms with Gasteiger partial charge in [0.15, 0.2) is 9.84 Å². The number of aromatic nitrogens is 2. The summed E-state index contributed by atoms with van der Waals surface area (Å²) >= 11 is 3.41. The van der Waals surface area contributed by atoms with Gasteiger partial charge < -0.3 is 5.73 Å². The molecule has 0 atom stereocenters. The summed E-state index contributed by atoms with van der Waals surface area (Å²) in [5, 5.41) is 4.30. The van der Waals surface area contributed by atoms with Gasteiger partial charge in [-0.2, -0.15) is 5.10 Å². The lowest BCUT2D eigenvalue weighted by Crippen LogP contribution is -2.12. The minimum absolute atomic E-state index is 0.128. The van der Waals surface area contributed by atoms with Crippen molar-refractivity contribution < 1.29 is 8.42 Å². The third-order valence-electron chi connectivity index (χ3n) is 3.03. The van der Waals surface area contributed by atoms with Gasteiger partial charge in [0.05, 0.1) is 32.2 Å². The molecule has 5 nitrogen and oxygen atoms in total. The highest BCUT2D eigenvalue weighted by Crippen LogP contribution is 2.27. The fourth-order valence-corrected chi connectivity index (χ4v) is 4.16. The summed E-state index contributed by atoms with van der Waals surface area (Å²) in [6, 6.07) is 6.49. The maximum absolute atomic E-state index is 12.5. The minimum Gasteiger partial charge on any atom is -0.398 e. The van der Waals surface area contributed by atoms with Gasteiger partial charge in [-0.3, -0.25) is 4.68 Å². The highest BCUT2D eigenvalue weighted by atomic mass is 79.9. The van der Waals surface area contributed by atoms with Crippen LogP contribution in [0, 0.1) is 6.92 Å². The molecule has 1 heterocycles. The highest BCUT2D eigenvalue weighted by Gasteiger charge is 2.23. The molecule has 0 saturated carbocycles. The summed E-state index contributed by atoms with van der Waals surface area (Å²) in [4.78, 5) is 0.161. The first kappa shape index (κ1) is 15.1. The lowest BCUT2D eigenvalue weighted by atomic mass is 10.3. The molecular weight excluding hydrogens is 342 g/mol. The second kappa shape index (κ2) is 5.57. The number of nitrogens with two attached hydrogens (primary N) is 1. The average Bonchev–Trinajstić information content (AvgIpc) is 2.66. The Kier molecular flexibility index (Phi) is 4.19. The van der Waals surface area contributed by atoms with Crippen molar-refractivity contribution in [3.05, 3.63) is 40.1 Å². The zero-order chi connectivity index (χ0) is 14.9. The van der Waals surface area contributed by atoms with Crippen molar-refractivity contribution in [3.63, 3.8) is 0 Å². The molecule has 0 aliphatic carbocycles. The lowest BCUT2D eigenvalue weighted by molar-refractivity contribution is 0.585. The first-order valence-corrected chi connectivity index (χ1v) is 8.60. The van der Waals surface area contributed by atoms with Gasteiger partial charge in [-0.1, -0.05) is 12.1 Å². The van der Waals surface area contributed by atoms with Crippen molar-refractivity contribution in [1.82, 2.24) is 9.78 Å². The van der Waals surface area contributed by atoms with E-state index in [-0.39, 0.29) is 16.3 Å². The molecule has 0 saturated heterocycles. The van der Waals surface area contributed by atoms with E-state index in [2.05, 4.69) is 21.0 Å². The molecule has 2 aromatic rings. The minimum atomic E-state index is -3.50. The number of sulfone groups is 1. The Morgan fingerprint density at radius 3 is 2.60 bits per heavy atom. The van der Waals surface area contributed by atoms with Gasteiger partial charge in [0.2, 0.25) is 0 Å². The van der Waals surface area contributed by atoms with E-state index >= 15 is 0 Å². The maximum Gasteiger partial charge on any atom is 0.186 e. The summed E-state index contributed by atoms with van der Waals surface area (Å²) in [5.41, 5.74) is 7.45. The second-order valence-corrected chi connectivity index (χ2v) is 7.21. The van der Waals surface area contributed by atoms with Gasteiger partial charge in [0.1, 0.15) is 0 Å². The van der Waals surface area contributed by atoms with Crippen LogP contribution in [-0.2, 0) is 22.1 Å². The number of aryl methyl sites for hydroxylation is 2. The van der Waals surface area contributed by atoms with Crippen LogP contribution in [0.25, 0.3) is 0 Å². The predicted octanol–water partition coefficient (Wildman–Crippen LogP) is 2.53. The van der Waals surface area contributed by atoms with Gasteiger partial charge in [-0.05, 0) is 41.9 Å². The van der Waals surface area contributed by atoms with Crippen LogP contribution in [0.5, 0.6) is 0 Å². The van der Waals surface area contributed by atoms with Crippen molar-refractivity contribution in [2.45, 2.75) is 31.0 Å². The van der Waals surface area contributed by atoms with Gasteiger partial charge in [-0.25, -0.2) is 8.42 Å². The number of nitrogen functional groups attached to an aromatic ring is 1. The molecule has 2 rings (SSSR count). The smallest absolute Gasteiger partial charge is 0.186 e. The Hall–Kier alpha value is -1.34. The van der Waals surface area contributed by atoms with Crippen molar-refractivity contribution in [2.75, 3.05) is 5.73 Å². The molecular formula is C13H16BrN3O2S. The van der Waals surface area contributed by atoms with Crippen molar-refractivity contribution in [2.24, 2.45) is 0 Å². The molecule has 7 heteroatoms. The molecule has 2 N–H and O–H groups in total. The van der Waals surface area contributed by atoms with Gasteiger partial charge >= 0.3 is 0 Å². The quantitative estimate of drug-likeness (QED) is 0.852. The van der Waals surface area contributed by atoms with E-state index in [0.29, 0.717) is 12.2 Å². The molecule has 0 radical (unpaired) electrons. The van der Waals surface area contributed by atoms with Crippen LogP contribution in [0.3, 0.4) is 0 Å². The lowest BCUT2D eigenvalue weighted by Gasteiger charge is -2.09. The Labute approximate surface area is 126 Å². The van der Waals surface area contributed by atoms with Crippen molar-refractivity contribution in [3.8, 4) is 0 Å². The van der Waals surface area contributed by atoms with Crippen LogP contribution in [0.1, 0.15) is 18.3 Å². The van der Waals surface area contributed by atoms with Gasteiger partial charge in [-0.15, -0.1) is 0 Å². The summed E-state index contributed by atoms with van der Waals surface area (Å²) in [6.45, 7) is 4.37. The summed E-state index contributed by atoms with van der Waals surface area (Å²) in [6.07, 6.45) is 0. The molecule has 20 heavy (non-hydrogen) atoms. The van der Waals surface area contributed by atoms with E-state index in [1.807, 2.05) is 13.8 Å². The number of nitrogens with zero attached hydrogens (tertiary/aromatic N) is 2. The molecule has 1 aromatic heterocycles. The number of rotatable bonds is 4. The van der Waals surface area contributed by atoms with E-state index in [1.165, 1.54) is 6.07 Å². The Morgan fingerprint density at radius 1 is 1.35 bits per heavy atom.